The Labute approximate surface area is 115 Å². The standard InChI is InChI=1S/C16H23FN2/c1-3-5-7-15(6-4-2)19-12-14-9-8-13(11-18)10-16(14)17/h8-10,15,19H,3-7,12H2,1-2H3. The molecule has 1 atom stereocenters. The zero-order valence-electron chi connectivity index (χ0n) is 11.9. The first-order chi connectivity index (χ1) is 9.21. The largest absolute Gasteiger partial charge is 0.310 e. The summed E-state index contributed by atoms with van der Waals surface area (Å²) in [5.41, 5.74) is 1.01. The Morgan fingerprint density at radius 3 is 2.63 bits per heavy atom. The normalized spacial score (nSPS) is 12.1. The van der Waals surface area contributed by atoms with Crippen molar-refractivity contribution in [2.24, 2.45) is 0 Å². The molecule has 0 bridgehead atoms. The molecule has 2 nitrogen and oxygen atoms in total. The molecule has 1 rings (SSSR count). The molecule has 1 aromatic carbocycles. The van der Waals surface area contributed by atoms with Gasteiger partial charge < -0.3 is 5.32 Å². The summed E-state index contributed by atoms with van der Waals surface area (Å²) in [5.74, 6) is -0.294. The van der Waals surface area contributed by atoms with Gasteiger partial charge in [-0.2, -0.15) is 5.26 Å². The van der Waals surface area contributed by atoms with Crippen LogP contribution in [0.15, 0.2) is 18.2 Å². The maximum atomic E-state index is 13.7. The number of halogens is 1. The van der Waals surface area contributed by atoms with Crippen LogP contribution in [0.4, 0.5) is 4.39 Å². The second-order valence-corrected chi connectivity index (χ2v) is 4.93. The highest BCUT2D eigenvalue weighted by Crippen LogP contribution is 2.12. The smallest absolute Gasteiger partial charge is 0.129 e. The van der Waals surface area contributed by atoms with Gasteiger partial charge in [-0.15, -0.1) is 0 Å². The van der Waals surface area contributed by atoms with E-state index in [9.17, 15) is 4.39 Å². The SMILES string of the molecule is CCCCC(CCC)NCc1ccc(C#N)cc1F. The van der Waals surface area contributed by atoms with Crippen molar-refractivity contribution in [2.45, 2.75) is 58.5 Å². The van der Waals surface area contributed by atoms with E-state index >= 15 is 0 Å². The van der Waals surface area contributed by atoms with E-state index < -0.39 is 0 Å². The minimum Gasteiger partial charge on any atom is -0.310 e. The van der Waals surface area contributed by atoms with Crippen LogP contribution < -0.4 is 5.32 Å². The minimum atomic E-state index is -0.294. The van der Waals surface area contributed by atoms with Gasteiger partial charge >= 0.3 is 0 Å². The predicted octanol–water partition coefficient (Wildman–Crippen LogP) is 4.15. The van der Waals surface area contributed by atoms with Crippen LogP contribution in [0.5, 0.6) is 0 Å². The Bertz CT molecular complexity index is 423. The van der Waals surface area contributed by atoms with E-state index in [1.54, 1.807) is 12.1 Å². The number of benzene rings is 1. The van der Waals surface area contributed by atoms with Crippen LogP contribution in [-0.2, 0) is 6.54 Å². The van der Waals surface area contributed by atoms with Crippen LogP contribution in [0.1, 0.15) is 57.1 Å². The molecule has 0 aliphatic heterocycles. The summed E-state index contributed by atoms with van der Waals surface area (Å²) in [6, 6.07) is 7.08. The third-order valence-electron chi connectivity index (χ3n) is 3.31. The van der Waals surface area contributed by atoms with Gasteiger partial charge in [0.1, 0.15) is 5.82 Å². The second kappa shape index (κ2) is 8.66. The summed E-state index contributed by atoms with van der Waals surface area (Å²) >= 11 is 0. The van der Waals surface area contributed by atoms with E-state index in [0.29, 0.717) is 23.7 Å². The number of nitrogens with zero attached hydrogens (tertiary/aromatic N) is 1. The van der Waals surface area contributed by atoms with Crippen molar-refractivity contribution in [3.05, 3.63) is 35.1 Å². The molecule has 0 saturated carbocycles. The van der Waals surface area contributed by atoms with Gasteiger partial charge in [-0.3, -0.25) is 0 Å². The van der Waals surface area contributed by atoms with Gasteiger partial charge in [0.25, 0.3) is 0 Å². The van der Waals surface area contributed by atoms with Gasteiger partial charge in [0.05, 0.1) is 11.6 Å². The van der Waals surface area contributed by atoms with E-state index in [2.05, 4.69) is 19.2 Å². The van der Waals surface area contributed by atoms with E-state index in [1.807, 2.05) is 6.07 Å². The third kappa shape index (κ3) is 5.40. The van der Waals surface area contributed by atoms with Gasteiger partial charge in [-0.25, -0.2) is 4.39 Å². The molecule has 0 aliphatic rings. The number of unbranched alkanes of at least 4 members (excludes halogenated alkanes) is 1. The monoisotopic (exact) mass is 262 g/mol. The van der Waals surface area contributed by atoms with E-state index in [1.165, 1.54) is 18.9 Å². The van der Waals surface area contributed by atoms with Crippen molar-refractivity contribution in [2.75, 3.05) is 0 Å². The summed E-state index contributed by atoms with van der Waals surface area (Å²) in [6.07, 6.45) is 5.79. The maximum Gasteiger partial charge on any atom is 0.129 e. The maximum absolute atomic E-state index is 13.7. The molecule has 0 radical (unpaired) electrons. The molecule has 0 amide bonds. The molecule has 0 spiro atoms. The van der Waals surface area contributed by atoms with E-state index in [4.69, 9.17) is 5.26 Å². The Morgan fingerprint density at radius 1 is 1.26 bits per heavy atom. The zero-order valence-corrected chi connectivity index (χ0v) is 11.9. The Hall–Kier alpha value is -1.40. The molecule has 0 fully saturated rings. The van der Waals surface area contributed by atoms with Crippen molar-refractivity contribution < 1.29 is 4.39 Å². The molecule has 1 N–H and O–H groups in total. The van der Waals surface area contributed by atoms with E-state index in [0.717, 1.165) is 19.3 Å². The lowest BCUT2D eigenvalue weighted by Crippen LogP contribution is -2.28. The zero-order chi connectivity index (χ0) is 14.1. The fourth-order valence-electron chi connectivity index (χ4n) is 2.16. The highest BCUT2D eigenvalue weighted by atomic mass is 19.1. The fraction of sp³-hybridized carbons (Fsp3) is 0.562. The first-order valence-electron chi connectivity index (χ1n) is 7.13. The fourth-order valence-corrected chi connectivity index (χ4v) is 2.16. The van der Waals surface area contributed by atoms with Crippen LogP contribution in [0, 0.1) is 17.1 Å². The van der Waals surface area contributed by atoms with Crippen molar-refractivity contribution in [3.63, 3.8) is 0 Å². The molecular weight excluding hydrogens is 239 g/mol. The van der Waals surface area contributed by atoms with Gasteiger partial charge in [0, 0.05) is 18.2 Å². The number of rotatable bonds is 8. The topological polar surface area (TPSA) is 35.8 Å². The quantitative estimate of drug-likeness (QED) is 0.764. The highest BCUT2D eigenvalue weighted by Gasteiger charge is 2.09. The predicted molar refractivity (Wildman–Crippen MR) is 76.2 cm³/mol. The van der Waals surface area contributed by atoms with Crippen LogP contribution in [0.25, 0.3) is 0 Å². The number of nitrogens with one attached hydrogen (secondary N) is 1. The lowest BCUT2D eigenvalue weighted by molar-refractivity contribution is 0.429. The van der Waals surface area contributed by atoms with E-state index in [-0.39, 0.29) is 5.82 Å². The first kappa shape index (κ1) is 15.7. The molecule has 3 heteroatoms. The summed E-state index contributed by atoms with van der Waals surface area (Å²) in [5, 5.41) is 12.1. The van der Waals surface area contributed by atoms with Gasteiger partial charge in [-0.1, -0.05) is 39.2 Å². The minimum absolute atomic E-state index is 0.294. The molecule has 1 aromatic rings. The second-order valence-electron chi connectivity index (χ2n) is 4.93. The summed E-state index contributed by atoms with van der Waals surface area (Å²) in [6.45, 7) is 4.89. The lowest BCUT2D eigenvalue weighted by atomic mass is 10.0. The number of hydrogen-bond donors (Lipinski definition) is 1. The highest BCUT2D eigenvalue weighted by molar-refractivity contribution is 5.32. The van der Waals surface area contributed by atoms with Crippen molar-refractivity contribution in [1.29, 1.82) is 5.26 Å². The van der Waals surface area contributed by atoms with Gasteiger partial charge in [0.2, 0.25) is 0 Å². The third-order valence-corrected chi connectivity index (χ3v) is 3.31. The first-order valence-corrected chi connectivity index (χ1v) is 7.13. The molecule has 19 heavy (non-hydrogen) atoms. The summed E-state index contributed by atoms with van der Waals surface area (Å²) < 4.78 is 13.7. The molecule has 0 aromatic heterocycles. The number of hydrogen-bond acceptors (Lipinski definition) is 2. The van der Waals surface area contributed by atoms with Crippen molar-refractivity contribution in [3.8, 4) is 6.07 Å². The molecular formula is C16H23FN2. The molecule has 104 valence electrons. The van der Waals surface area contributed by atoms with Gasteiger partial charge in [-0.05, 0) is 25.0 Å². The summed E-state index contributed by atoms with van der Waals surface area (Å²) in [7, 11) is 0. The number of nitriles is 1. The van der Waals surface area contributed by atoms with Crippen LogP contribution in [0.2, 0.25) is 0 Å². The summed E-state index contributed by atoms with van der Waals surface area (Å²) in [4.78, 5) is 0. The van der Waals surface area contributed by atoms with Crippen LogP contribution in [0.3, 0.4) is 0 Å². The molecule has 0 saturated heterocycles. The Balaban J connectivity index is 2.56. The Kier molecular flexibility index (Phi) is 7.14. The average Bonchev–Trinajstić information content (AvgIpc) is 2.42. The van der Waals surface area contributed by atoms with Crippen molar-refractivity contribution >= 4 is 0 Å². The molecule has 0 aliphatic carbocycles. The lowest BCUT2D eigenvalue weighted by Gasteiger charge is -2.18. The van der Waals surface area contributed by atoms with Crippen LogP contribution in [-0.4, -0.2) is 6.04 Å². The van der Waals surface area contributed by atoms with Crippen molar-refractivity contribution in [1.82, 2.24) is 5.32 Å². The van der Waals surface area contributed by atoms with Crippen LogP contribution >= 0.6 is 0 Å². The molecule has 0 heterocycles. The average molecular weight is 262 g/mol. The Morgan fingerprint density at radius 2 is 2.05 bits per heavy atom. The van der Waals surface area contributed by atoms with Gasteiger partial charge in [0.15, 0.2) is 0 Å². The molecule has 1 unspecified atom stereocenters.